The molecule has 0 fully saturated rings. The fourth-order valence-electron chi connectivity index (χ4n) is 1.45. The molecule has 2 aromatic rings. The smallest absolute Gasteiger partial charge is 0.257 e. The number of hydrogen-bond donors (Lipinski definition) is 0. The number of halogens is 2. The molecule has 94 valence electrons. The molecule has 2 rings (SSSR count). The van der Waals surface area contributed by atoms with Gasteiger partial charge in [0.05, 0.1) is 11.4 Å². The van der Waals surface area contributed by atoms with Crippen LogP contribution < -0.4 is 4.74 Å². The molecule has 0 aliphatic rings. The first-order valence-electron chi connectivity index (χ1n) is 5.42. The summed E-state index contributed by atoms with van der Waals surface area (Å²) in [6, 6.07) is 4.25. The molecule has 0 atom stereocenters. The molecule has 0 spiro atoms. The maximum Gasteiger partial charge on any atom is 0.257 e. The first-order valence-corrected chi connectivity index (χ1v) is 5.80. The third-order valence-electron chi connectivity index (χ3n) is 2.58. The van der Waals surface area contributed by atoms with E-state index in [1.54, 1.807) is 6.92 Å². The summed E-state index contributed by atoms with van der Waals surface area (Å²) >= 11 is 5.96. The number of benzene rings is 1. The van der Waals surface area contributed by atoms with E-state index in [2.05, 4.69) is 9.97 Å². The SMILES string of the molecule is Cc1cc(F)ccc1Oc1nc(C)c(C)nc1Cl. The van der Waals surface area contributed by atoms with Gasteiger partial charge in [0, 0.05) is 0 Å². The molecule has 0 aliphatic heterocycles. The highest BCUT2D eigenvalue weighted by Crippen LogP contribution is 2.29. The molecule has 0 bridgehead atoms. The van der Waals surface area contributed by atoms with E-state index in [1.165, 1.54) is 18.2 Å². The highest BCUT2D eigenvalue weighted by Gasteiger charge is 2.11. The molecule has 5 heteroatoms. The summed E-state index contributed by atoms with van der Waals surface area (Å²) in [7, 11) is 0. The van der Waals surface area contributed by atoms with Crippen LogP contribution in [-0.4, -0.2) is 9.97 Å². The molecule has 0 aliphatic carbocycles. The Balaban J connectivity index is 2.37. The summed E-state index contributed by atoms with van der Waals surface area (Å²) in [5.41, 5.74) is 2.17. The van der Waals surface area contributed by atoms with E-state index >= 15 is 0 Å². The van der Waals surface area contributed by atoms with Crippen molar-refractivity contribution in [2.75, 3.05) is 0 Å². The Kier molecular flexibility index (Phi) is 3.48. The Labute approximate surface area is 110 Å². The van der Waals surface area contributed by atoms with Gasteiger partial charge in [0.1, 0.15) is 11.6 Å². The summed E-state index contributed by atoms with van der Waals surface area (Å²) in [6.45, 7) is 5.39. The Morgan fingerprint density at radius 2 is 1.78 bits per heavy atom. The van der Waals surface area contributed by atoms with Crippen molar-refractivity contribution < 1.29 is 9.13 Å². The van der Waals surface area contributed by atoms with E-state index < -0.39 is 0 Å². The highest BCUT2D eigenvalue weighted by molar-refractivity contribution is 6.30. The molecule has 0 amide bonds. The second-order valence-corrected chi connectivity index (χ2v) is 4.36. The predicted octanol–water partition coefficient (Wildman–Crippen LogP) is 3.99. The Morgan fingerprint density at radius 3 is 2.44 bits per heavy atom. The molecule has 1 aromatic heterocycles. The molecule has 0 saturated carbocycles. The van der Waals surface area contributed by atoms with Gasteiger partial charge in [0.25, 0.3) is 5.88 Å². The maximum absolute atomic E-state index is 13.0. The molecule has 0 unspecified atom stereocenters. The number of nitrogens with zero attached hydrogens (tertiary/aromatic N) is 2. The molecule has 0 N–H and O–H groups in total. The lowest BCUT2D eigenvalue weighted by Gasteiger charge is -2.10. The van der Waals surface area contributed by atoms with Gasteiger partial charge in [-0.3, -0.25) is 0 Å². The highest BCUT2D eigenvalue weighted by atomic mass is 35.5. The number of rotatable bonds is 2. The van der Waals surface area contributed by atoms with Gasteiger partial charge in [-0.1, -0.05) is 11.6 Å². The minimum absolute atomic E-state index is 0.196. The largest absolute Gasteiger partial charge is 0.436 e. The van der Waals surface area contributed by atoms with E-state index in [0.717, 1.165) is 11.4 Å². The summed E-state index contributed by atoms with van der Waals surface area (Å²) in [4.78, 5) is 8.34. The van der Waals surface area contributed by atoms with Gasteiger partial charge in [0.15, 0.2) is 5.15 Å². The Bertz CT molecular complexity index is 602. The van der Waals surface area contributed by atoms with Crippen LogP contribution in [0.15, 0.2) is 18.2 Å². The Morgan fingerprint density at radius 1 is 1.11 bits per heavy atom. The van der Waals surface area contributed by atoms with Crippen molar-refractivity contribution in [2.24, 2.45) is 0 Å². The minimum atomic E-state index is -0.308. The van der Waals surface area contributed by atoms with Gasteiger partial charge in [-0.25, -0.2) is 14.4 Å². The van der Waals surface area contributed by atoms with Crippen LogP contribution in [0.25, 0.3) is 0 Å². The minimum Gasteiger partial charge on any atom is -0.436 e. The van der Waals surface area contributed by atoms with Gasteiger partial charge in [0.2, 0.25) is 0 Å². The average molecular weight is 267 g/mol. The monoisotopic (exact) mass is 266 g/mol. The number of hydrogen-bond acceptors (Lipinski definition) is 3. The number of aromatic nitrogens is 2. The van der Waals surface area contributed by atoms with Crippen molar-refractivity contribution in [3.05, 3.63) is 46.1 Å². The zero-order valence-corrected chi connectivity index (χ0v) is 11.0. The summed E-state index contributed by atoms with van der Waals surface area (Å²) in [6.07, 6.45) is 0. The Hall–Kier alpha value is -1.68. The molecule has 0 radical (unpaired) electrons. The topological polar surface area (TPSA) is 35.0 Å². The number of aryl methyl sites for hydroxylation is 3. The molecule has 1 aromatic carbocycles. The lowest BCUT2D eigenvalue weighted by Crippen LogP contribution is -1.98. The van der Waals surface area contributed by atoms with Crippen LogP contribution in [-0.2, 0) is 0 Å². The van der Waals surface area contributed by atoms with Crippen LogP contribution in [0.4, 0.5) is 4.39 Å². The van der Waals surface area contributed by atoms with Crippen molar-refractivity contribution >= 4 is 11.6 Å². The molecule has 0 saturated heterocycles. The normalized spacial score (nSPS) is 10.5. The van der Waals surface area contributed by atoms with Crippen molar-refractivity contribution in [1.29, 1.82) is 0 Å². The van der Waals surface area contributed by atoms with Crippen molar-refractivity contribution in [2.45, 2.75) is 20.8 Å². The van der Waals surface area contributed by atoms with Crippen molar-refractivity contribution in [1.82, 2.24) is 9.97 Å². The summed E-state index contributed by atoms with van der Waals surface area (Å²) in [5.74, 6) is 0.433. The standard InChI is InChI=1S/C13H12ClFN2O/c1-7-6-10(15)4-5-11(7)18-13-12(14)16-8(2)9(3)17-13/h4-6H,1-3H3. The maximum atomic E-state index is 13.0. The zero-order valence-electron chi connectivity index (χ0n) is 10.3. The second-order valence-electron chi connectivity index (χ2n) is 4.00. The van der Waals surface area contributed by atoms with Crippen LogP contribution >= 0.6 is 11.6 Å². The lowest BCUT2D eigenvalue weighted by atomic mass is 10.2. The van der Waals surface area contributed by atoms with Crippen LogP contribution in [0.5, 0.6) is 11.6 Å². The predicted molar refractivity (Wildman–Crippen MR) is 67.7 cm³/mol. The van der Waals surface area contributed by atoms with Crippen molar-refractivity contribution in [3.63, 3.8) is 0 Å². The molecular formula is C13H12ClFN2O. The summed E-state index contributed by atoms with van der Waals surface area (Å²) < 4.78 is 18.5. The van der Waals surface area contributed by atoms with Gasteiger partial charge in [-0.15, -0.1) is 0 Å². The van der Waals surface area contributed by atoms with Gasteiger partial charge in [-0.05, 0) is 44.5 Å². The van der Waals surface area contributed by atoms with E-state index in [0.29, 0.717) is 11.3 Å². The third-order valence-corrected chi connectivity index (χ3v) is 2.82. The first-order chi connectivity index (χ1) is 8.47. The molecule has 1 heterocycles. The van der Waals surface area contributed by atoms with Crippen LogP contribution in [0, 0.1) is 26.6 Å². The quantitative estimate of drug-likeness (QED) is 0.824. The van der Waals surface area contributed by atoms with Gasteiger partial charge >= 0.3 is 0 Å². The average Bonchev–Trinajstić information content (AvgIpc) is 2.29. The second kappa shape index (κ2) is 4.90. The van der Waals surface area contributed by atoms with Crippen LogP contribution in [0.1, 0.15) is 17.0 Å². The third kappa shape index (κ3) is 2.59. The fraction of sp³-hybridized carbons (Fsp3) is 0.231. The van der Waals surface area contributed by atoms with E-state index in [9.17, 15) is 4.39 Å². The fourth-order valence-corrected chi connectivity index (χ4v) is 1.66. The number of ether oxygens (including phenoxy) is 1. The summed E-state index contributed by atoms with van der Waals surface area (Å²) in [5, 5.41) is 0.196. The lowest BCUT2D eigenvalue weighted by molar-refractivity contribution is 0.453. The molecule has 18 heavy (non-hydrogen) atoms. The van der Waals surface area contributed by atoms with Gasteiger partial charge < -0.3 is 4.74 Å². The van der Waals surface area contributed by atoms with E-state index in [1.807, 2.05) is 13.8 Å². The van der Waals surface area contributed by atoms with Crippen LogP contribution in [0.3, 0.4) is 0 Å². The van der Waals surface area contributed by atoms with Crippen LogP contribution in [0.2, 0.25) is 5.15 Å². The van der Waals surface area contributed by atoms with E-state index in [4.69, 9.17) is 16.3 Å². The molecule has 3 nitrogen and oxygen atoms in total. The zero-order chi connectivity index (χ0) is 13.3. The van der Waals surface area contributed by atoms with E-state index in [-0.39, 0.29) is 16.9 Å². The van der Waals surface area contributed by atoms with Crippen molar-refractivity contribution in [3.8, 4) is 11.6 Å². The van der Waals surface area contributed by atoms with Gasteiger partial charge in [-0.2, -0.15) is 0 Å². The first kappa shape index (κ1) is 12.8. The molecular weight excluding hydrogens is 255 g/mol.